The topological polar surface area (TPSA) is 55.9 Å². The van der Waals surface area contributed by atoms with E-state index in [2.05, 4.69) is 13.8 Å². The smallest absolute Gasteiger partial charge is 0.270 e. The summed E-state index contributed by atoms with van der Waals surface area (Å²) < 4.78 is 34.6. The molecule has 0 aromatic carbocycles. The lowest BCUT2D eigenvalue weighted by molar-refractivity contribution is 0.197. The summed E-state index contributed by atoms with van der Waals surface area (Å²) >= 11 is 0. The van der Waals surface area contributed by atoms with Gasteiger partial charge in [-0.1, -0.05) is 20.3 Å². The van der Waals surface area contributed by atoms with Gasteiger partial charge in [0.15, 0.2) is 0 Å². The van der Waals surface area contributed by atoms with Gasteiger partial charge in [0.2, 0.25) is 0 Å². The molecule has 2 aliphatic rings. The highest BCUT2D eigenvalue weighted by Gasteiger charge is 2.42. The maximum absolute atomic E-state index is 12.1. The quantitative estimate of drug-likeness (QED) is 0.557. The van der Waals surface area contributed by atoms with E-state index in [1.165, 1.54) is 6.42 Å². The summed E-state index contributed by atoms with van der Waals surface area (Å²) in [4.78, 5) is 0. The zero-order valence-electron chi connectivity index (χ0n) is 12.2. The molecular formula is C14H26O4S. The number of hydrogen-bond acceptors (Lipinski definition) is 4. The molecule has 0 aromatic rings. The minimum absolute atomic E-state index is 0.167. The van der Waals surface area contributed by atoms with Gasteiger partial charge in [0, 0.05) is 0 Å². The molecule has 0 aromatic heterocycles. The van der Waals surface area contributed by atoms with Crippen molar-refractivity contribution in [3.63, 3.8) is 0 Å². The fraction of sp³-hybridized carbons (Fsp3) is 1.00. The molecule has 19 heavy (non-hydrogen) atoms. The molecular weight excluding hydrogens is 264 g/mol. The Kier molecular flexibility index (Phi) is 4.58. The maximum Gasteiger partial charge on any atom is 0.270 e. The molecule has 1 aliphatic carbocycles. The van der Waals surface area contributed by atoms with Crippen molar-refractivity contribution in [1.29, 1.82) is 0 Å². The Morgan fingerprint density at radius 3 is 2.37 bits per heavy atom. The summed E-state index contributed by atoms with van der Waals surface area (Å²) in [6, 6.07) is 0. The first-order valence-electron chi connectivity index (χ1n) is 7.38. The van der Waals surface area contributed by atoms with Crippen molar-refractivity contribution in [2.24, 2.45) is 11.8 Å². The largest absolute Gasteiger partial charge is 0.367 e. The molecule has 5 heteroatoms. The molecule has 1 aliphatic heterocycles. The Hall–Kier alpha value is -0.130. The zero-order valence-corrected chi connectivity index (χ0v) is 13.0. The van der Waals surface area contributed by atoms with E-state index >= 15 is 0 Å². The van der Waals surface area contributed by atoms with Gasteiger partial charge in [0.05, 0.1) is 18.5 Å². The third-order valence-corrected chi connectivity index (χ3v) is 6.48. The summed E-state index contributed by atoms with van der Waals surface area (Å²) in [6.07, 6.45) is 4.68. The fourth-order valence-corrected chi connectivity index (χ4v) is 4.24. The predicted molar refractivity (Wildman–Crippen MR) is 74.4 cm³/mol. The van der Waals surface area contributed by atoms with E-state index < -0.39 is 10.1 Å². The van der Waals surface area contributed by atoms with Crippen LogP contribution in [0.25, 0.3) is 0 Å². The Labute approximate surface area is 117 Å². The Bertz CT molecular complexity index is 392. The van der Waals surface area contributed by atoms with E-state index in [0.717, 1.165) is 25.7 Å². The van der Waals surface area contributed by atoms with Crippen molar-refractivity contribution < 1.29 is 17.3 Å². The summed E-state index contributed by atoms with van der Waals surface area (Å²) in [6.45, 7) is 7.11. The van der Waals surface area contributed by atoms with Crippen LogP contribution in [0.5, 0.6) is 0 Å². The highest BCUT2D eigenvalue weighted by Crippen LogP contribution is 2.35. The lowest BCUT2D eigenvalue weighted by atomic mass is 9.80. The number of rotatable bonds is 6. The van der Waals surface area contributed by atoms with Gasteiger partial charge in [-0.15, -0.1) is 0 Å². The molecule has 2 unspecified atom stereocenters. The van der Waals surface area contributed by atoms with E-state index in [4.69, 9.17) is 8.92 Å². The van der Waals surface area contributed by atoms with Crippen LogP contribution in [0.2, 0.25) is 0 Å². The molecule has 0 spiro atoms. The molecule has 0 bridgehead atoms. The first kappa shape index (κ1) is 15.3. The number of hydrogen-bond donors (Lipinski definition) is 0. The van der Waals surface area contributed by atoms with Crippen LogP contribution in [-0.2, 0) is 19.0 Å². The Morgan fingerprint density at radius 2 is 1.89 bits per heavy atom. The SMILES string of the molecule is CCC(C)C1CCC(S(=O)(=O)OCC2(C)CO2)CC1. The van der Waals surface area contributed by atoms with Crippen LogP contribution >= 0.6 is 0 Å². The minimum Gasteiger partial charge on any atom is -0.367 e. The lowest BCUT2D eigenvalue weighted by Crippen LogP contribution is -2.32. The number of ether oxygens (including phenoxy) is 1. The Balaban J connectivity index is 1.82. The summed E-state index contributed by atoms with van der Waals surface area (Å²) in [5.74, 6) is 1.38. The van der Waals surface area contributed by atoms with Crippen molar-refractivity contribution in [3.8, 4) is 0 Å². The van der Waals surface area contributed by atoms with Crippen LogP contribution in [0.15, 0.2) is 0 Å². The third kappa shape index (κ3) is 3.92. The van der Waals surface area contributed by atoms with Crippen LogP contribution in [0.1, 0.15) is 52.9 Å². The van der Waals surface area contributed by atoms with Gasteiger partial charge in [-0.2, -0.15) is 8.42 Å². The first-order valence-corrected chi connectivity index (χ1v) is 8.85. The van der Waals surface area contributed by atoms with Crippen molar-refractivity contribution in [2.45, 2.75) is 63.7 Å². The van der Waals surface area contributed by atoms with E-state index in [-0.39, 0.29) is 17.5 Å². The average Bonchev–Trinajstić information content (AvgIpc) is 3.14. The van der Waals surface area contributed by atoms with Gasteiger partial charge in [0.25, 0.3) is 10.1 Å². The van der Waals surface area contributed by atoms with Gasteiger partial charge in [-0.3, -0.25) is 4.18 Å². The van der Waals surface area contributed by atoms with Crippen molar-refractivity contribution >= 4 is 10.1 Å². The van der Waals surface area contributed by atoms with Gasteiger partial charge < -0.3 is 4.74 Å². The Morgan fingerprint density at radius 1 is 1.32 bits per heavy atom. The molecule has 0 amide bonds. The van der Waals surface area contributed by atoms with E-state index in [1.807, 2.05) is 6.92 Å². The first-order chi connectivity index (χ1) is 8.86. The van der Waals surface area contributed by atoms with E-state index in [1.54, 1.807) is 0 Å². The van der Waals surface area contributed by atoms with Crippen LogP contribution in [0.3, 0.4) is 0 Å². The monoisotopic (exact) mass is 290 g/mol. The molecule has 1 saturated heterocycles. The van der Waals surface area contributed by atoms with Gasteiger partial charge >= 0.3 is 0 Å². The standard InChI is InChI=1S/C14H26O4S/c1-4-11(2)12-5-7-13(8-6-12)19(15,16)18-10-14(3)9-17-14/h11-13H,4-10H2,1-3H3. The van der Waals surface area contributed by atoms with E-state index in [9.17, 15) is 8.42 Å². The molecule has 112 valence electrons. The van der Waals surface area contributed by atoms with Crippen molar-refractivity contribution in [3.05, 3.63) is 0 Å². The second-order valence-electron chi connectivity index (χ2n) is 6.42. The second-order valence-corrected chi connectivity index (χ2v) is 8.30. The normalized spacial score (nSPS) is 37.0. The molecule has 2 atom stereocenters. The predicted octanol–water partition coefficient (Wildman–Crippen LogP) is 2.73. The fourth-order valence-electron chi connectivity index (χ4n) is 2.79. The zero-order chi connectivity index (χ0) is 14.1. The molecule has 0 N–H and O–H groups in total. The highest BCUT2D eigenvalue weighted by atomic mass is 32.2. The minimum atomic E-state index is -3.41. The van der Waals surface area contributed by atoms with Gasteiger partial charge in [-0.05, 0) is 44.4 Å². The van der Waals surface area contributed by atoms with Crippen LogP contribution in [0.4, 0.5) is 0 Å². The van der Waals surface area contributed by atoms with Gasteiger partial charge in [-0.25, -0.2) is 0 Å². The average molecular weight is 290 g/mol. The molecule has 4 nitrogen and oxygen atoms in total. The molecule has 1 saturated carbocycles. The molecule has 1 heterocycles. The molecule has 2 rings (SSSR count). The highest BCUT2D eigenvalue weighted by molar-refractivity contribution is 7.87. The van der Waals surface area contributed by atoms with E-state index in [0.29, 0.717) is 18.4 Å². The molecule has 0 radical (unpaired) electrons. The summed E-state index contributed by atoms with van der Waals surface area (Å²) in [5.41, 5.74) is -0.360. The molecule has 2 fully saturated rings. The lowest BCUT2D eigenvalue weighted by Gasteiger charge is -2.31. The summed E-state index contributed by atoms with van der Waals surface area (Å²) in [5, 5.41) is -0.310. The summed E-state index contributed by atoms with van der Waals surface area (Å²) in [7, 11) is -3.41. The van der Waals surface area contributed by atoms with Crippen LogP contribution in [-0.4, -0.2) is 32.5 Å². The number of epoxide rings is 1. The third-order valence-electron chi connectivity index (χ3n) is 4.74. The van der Waals surface area contributed by atoms with Crippen molar-refractivity contribution in [2.75, 3.05) is 13.2 Å². The van der Waals surface area contributed by atoms with Gasteiger partial charge in [0.1, 0.15) is 5.60 Å². The van der Waals surface area contributed by atoms with Crippen LogP contribution in [0, 0.1) is 11.8 Å². The second kappa shape index (κ2) is 5.70. The maximum atomic E-state index is 12.1. The van der Waals surface area contributed by atoms with Crippen LogP contribution < -0.4 is 0 Å². The van der Waals surface area contributed by atoms with Crippen molar-refractivity contribution in [1.82, 2.24) is 0 Å².